The Morgan fingerprint density at radius 3 is 2.16 bits per heavy atom. The lowest BCUT2D eigenvalue weighted by molar-refractivity contribution is -0.174. The van der Waals surface area contributed by atoms with Crippen LogP contribution in [0.2, 0.25) is 0 Å². The van der Waals surface area contributed by atoms with Crippen molar-refractivity contribution in [1.29, 1.82) is 0 Å². The highest BCUT2D eigenvalue weighted by atomic mass is 32.2. The van der Waals surface area contributed by atoms with E-state index in [4.69, 9.17) is 14.2 Å². The number of nitrogens with zero attached hydrogens (tertiary/aromatic N) is 1. The second-order valence-corrected chi connectivity index (χ2v) is 4.65. The van der Waals surface area contributed by atoms with Crippen LogP contribution >= 0.6 is 11.9 Å². The van der Waals surface area contributed by atoms with E-state index in [-0.39, 0.29) is 0 Å². The van der Waals surface area contributed by atoms with Crippen molar-refractivity contribution in [3.8, 4) is 0 Å². The number of rotatable bonds is 3. The lowest BCUT2D eigenvalue weighted by Crippen LogP contribution is -2.46. The van der Waals surface area contributed by atoms with Gasteiger partial charge in [-0.25, -0.2) is 4.40 Å². The van der Waals surface area contributed by atoms with Crippen LogP contribution in [0.3, 0.4) is 0 Å². The highest BCUT2D eigenvalue weighted by Gasteiger charge is 2.37. The fourth-order valence-electron chi connectivity index (χ4n) is 1.55. The molecule has 0 saturated heterocycles. The average Bonchev–Trinajstić information content (AvgIpc) is 2.42. The Kier molecular flexibility index (Phi) is 5.81. The van der Waals surface area contributed by atoms with Crippen molar-refractivity contribution in [2.75, 3.05) is 5.75 Å². The van der Waals surface area contributed by atoms with Crippen LogP contribution in [0.15, 0.2) is 4.40 Å². The van der Waals surface area contributed by atoms with Crippen LogP contribution < -0.4 is 0 Å². The van der Waals surface area contributed by atoms with Gasteiger partial charge in [0, 0.05) is 20.8 Å². The highest BCUT2D eigenvalue weighted by Crippen LogP contribution is 2.21. The maximum Gasteiger partial charge on any atom is 0.303 e. The number of hydrogen-bond donors (Lipinski definition) is 0. The molecule has 1 aliphatic heterocycles. The topological polar surface area (TPSA) is 91.3 Å². The summed E-state index contributed by atoms with van der Waals surface area (Å²) in [5.41, 5.74) is 0. The Bertz CT molecular complexity index is 397. The Hall–Kier alpha value is -1.57. The van der Waals surface area contributed by atoms with Gasteiger partial charge in [-0.2, -0.15) is 0 Å². The Balaban J connectivity index is 2.92. The van der Waals surface area contributed by atoms with Gasteiger partial charge in [0.1, 0.15) is 0 Å². The van der Waals surface area contributed by atoms with Crippen molar-refractivity contribution in [1.82, 2.24) is 0 Å². The molecular formula is C11H15NO6S. The van der Waals surface area contributed by atoms with Gasteiger partial charge in [0.15, 0.2) is 18.3 Å². The summed E-state index contributed by atoms with van der Waals surface area (Å²) >= 11 is 1.14. The van der Waals surface area contributed by atoms with Gasteiger partial charge in [0.05, 0.1) is 12.0 Å². The van der Waals surface area contributed by atoms with Crippen molar-refractivity contribution in [3.05, 3.63) is 0 Å². The number of carbonyl (C=O) groups is 3. The number of hydrogen-bond acceptors (Lipinski definition) is 8. The summed E-state index contributed by atoms with van der Waals surface area (Å²) in [5.74, 6) is -1.29. The van der Waals surface area contributed by atoms with Crippen molar-refractivity contribution >= 4 is 36.1 Å². The predicted molar refractivity (Wildman–Crippen MR) is 67.6 cm³/mol. The van der Waals surface area contributed by atoms with Gasteiger partial charge in [0.25, 0.3) is 0 Å². The van der Waals surface area contributed by atoms with E-state index in [0.29, 0.717) is 5.75 Å². The fourth-order valence-corrected chi connectivity index (χ4v) is 2.25. The SMILES string of the molecule is CC(=O)O[C@@H]1[C@@H](OC(C)=O)C=NSC[C@H]1OC(C)=O. The van der Waals surface area contributed by atoms with Crippen molar-refractivity contribution < 1.29 is 28.6 Å². The van der Waals surface area contributed by atoms with Gasteiger partial charge in [0.2, 0.25) is 0 Å². The number of esters is 3. The van der Waals surface area contributed by atoms with Crippen LogP contribution in [0.4, 0.5) is 0 Å². The molecule has 19 heavy (non-hydrogen) atoms. The molecule has 1 aliphatic rings. The van der Waals surface area contributed by atoms with E-state index in [0.717, 1.165) is 11.9 Å². The molecule has 0 amide bonds. The molecule has 3 atom stereocenters. The molecule has 1 heterocycles. The quantitative estimate of drug-likeness (QED) is 0.425. The second kappa shape index (κ2) is 7.13. The van der Waals surface area contributed by atoms with E-state index < -0.39 is 36.2 Å². The molecule has 0 aromatic carbocycles. The smallest absolute Gasteiger partial charge is 0.303 e. The predicted octanol–water partition coefficient (Wildman–Crippen LogP) is 0.514. The largest absolute Gasteiger partial charge is 0.457 e. The zero-order valence-corrected chi connectivity index (χ0v) is 11.6. The van der Waals surface area contributed by atoms with Gasteiger partial charge in [-0.3, -0.25) is 14.4 Å². The molecule has 106 valence electrons. The van der Waals surface area contributed by atoms with Crippen LogP contribution in [0.25, 0.3) is 0 Å². The number of ether oxygens (including phenoxy) is 3. The molecule has 0 bridgehead atoms. The molecule has 0 aliphatic carbocycles. The monoisotopic (exact) mass is 289 g/mol. The Labute approximate surface area is 114 Å². The molecule has 7 nitrogen and oxygen atoms in total. The summed E-state index contributed by atoms with van der Waals surface area (Å²) in [4.78, 5) is 33.2. The third-order valence-corrected chi connectivity index (χ3v) is 2.88. The van der Waals surface area contributed by atoms with Gasteiger partial charge in [-0.05, 0) is 11.9 Å². The van der Waals surface area contributed by atoms with Crippen LogP contribution in [0.5, 0.6) is 0 Å². The summed E-state index contributed by atoms with van der Waals surface area (Å²) in [5, 5.41) is 0. The highest BCUT2D eigenvalue weighted by molar-refractivity contribution is 7.98. The van der Waals surface area contributed by atoms with Crippen LogP contribution in [-0.2, 0) is 28.6 Å². The molecule has 0 radical (unpaired) electrons. The first-order valence-corrected chi connectivity index (χ1v) is 6.51. The van der Waals surface area contributed by atoms with Crippen molar-refractivity contribution in [2.24, 2.45) is 4.40 Å². The lowest BCUT2D eigenvalue weighted by atomic mass is 10.1. The molecule has 0 unspecified atom stereocenters. The molecule has 0 fully saturated rings. The molecule has 8 heteroatoms. The molecule has 1 rings (SSSR count). The van der Waals surface area contributed by atoms with E-state index in [2.05, 4.69) is 4.40 Å². The zero-order chi connectivity index (χ0) is 14.4. The van der Waals surface area contributed by atoms with Crippen LogP contribution in [0.1, 0.15) is 20.8 Å². The minimum atomic E-state index is -0.899. The maximum absolute atomic E-state index is 11.1. The third kappa shape index (κ3) is 5.29. The molecular weight excluding hydrogens is 274 g/mol. The second-order valence-electron chi connectivity index (χ2n) is 3.85. The molecule has 0 saturated carbocycles. The lowest BCUT2D eigenvalue weighted by Gasteiger charge is -2.27. The first kappa shape index (κ1) is 15.5. The van der Waals surface area contributed by atoms with Gasteiger partial charge in [-0.1, -0.05) is 0 Å². The normalized spacial score (nSPS) is 26.2. The molecule has 0 spiro atoms. The van der Waals surface area contributed by atoms with Gasteiger partial charge < -0.3 is 14.2 Å². The summed E-state index contributed by atoms with van der Waals surface area (Å²) in [6.07, 6.45) is -1.13. The molecule has 0 aromatic heterocycles. The first-order chi connectivity index (χ1) is 8.90. The van der Waals surface area contributed by atoms with Crippen molar-refractivity contribution in [3.63, 3.8) is 0 Å². The Morgan fingerprint density at radius 2 is 1.63 bits per heavy atom. The minimum Gasteiger partial charge on any atom is -0.457 e. The van der Waals surface area contributed by atoms with E-state index in [9.17, 15) is 14.4 Å². The van der Waals surface area contributed by atoms with Gasteiger partial charge >= 0.3 is 17.9 Å². The fraction of sp³-hybridized carbons (Fsp3) is 0.636. The third-order valence-electron chi connectivity index (χ3n) is 2.13. The van der Waals surface area contributed by atoms with E-state index in [1.165, 1.54) is 27.0 Å². The summed E-state index contributed by atoms with van der Waals surface area (Å²) < 4.78 is 19.2. The van der Waals surface area contributed by atoms with Gasteiger partial charge in [-0.15, -0.1) is 0 Å². The number of carbonyl (C=O) groups excluding carboxylic acids is 3. The Morgan fingerprint density at radius 1 is 1.05 bits per heavy atom. The summed E-state index contributed by atoms with van der Waals surface area (Å²) in [6, 6.07) is 0. The first-order valence-electron chi connectivity index (χ1n) is 5.57. The van der Waals surface area contributed by atoms with Crippen LogP contribution in [0, 0.1) is 0 Å². The van der Waals surface area contributed by atoms with Crippen LogP contribution in [-0.4, -0.2) is 48.2 Å². The standard InChI is InChI=1S/C11H15NO6S/c1-6(13)16-9-4-12-19-5-10(17-7(2)14)11(9)18-8(3)15/h4,9-11H,5H2,1-3H3/t9-,10+,11+/m0/s1. The van der Waals surface area contributed by atoms with E-state index in [1.807, 2.05) is 0 Å². The van der Waals surface area contributed by atoms with E-state index in [1.54, 1.807) is 0 Å². The maximum atomic E-state index is 11.1. The zero-order valence-electron chi connectivity index (χ0n) is 10.8. The molecule has 0 aromatic rings. The van der Waals surface area contributed by atoms with Crippen molar-refractivity contribution in [2.45, 2.75) is 39.1 Å². The molecule has 0 N–H and O–H groups in total. The van der Waals surface area contributed by atoms with E-state index >= 15 is 0 Å². The summed E-state index contributed by atoms with van der Waals surface area (Å²) in [6.45, 7) is 3.71. The average molecular weight is 289 g/mol. The summed E-state index contributed by atoms with van der Waals surface area (Å²) in [7, 11) is 0. The minimum absolute atomic E-state index is 0.311.